The molecule has 3 aromatic rings. The molecule has 0 spiro atoms. The minimum absolute atomic E-state index is 0.667. The first-order valence-electron chi connectivity index (χ1n) is 6.04. The number of hydrogen-bond donors (Lipinski definition) is 1. The zero-order chi connectivity index (χ0) is 13.1. The van der Waals surface area contributed by atoms with Gasteiger partial charge in [-0.15, -0.1) is 22.7 Å². The number of nitrogens with zero attached hydrogens (tertiary/aromatic N) is 1. The van der Waals surface area contributed by atoms with Gasteiger partial charge in [-0.3, -0.25) is 0 Å². The van der Waals surface area contributed by atoms with Gasteiger partial charge in [0.05, 0.1) is 12.7 Å². The number of aryl methyl sites for hydroxylation is 1. The van der Waals surface area contributed by atoms with E-state index in [0.717, 1.165) is 18.2 Å². The Labute approximate surface area is 119 Å². The Kier molecular flexibility index (Phi) is 3.77. The van der Waals surface area contributed by atoms with Gasteiger partial charge in [-0.1, -0.05) is 6.07 Å². The fourth-order valence-corrected chi connectivity index (χ4v) is 3.46. The maximum atomic E-state index is 5.42. The third kappa shape index (κ3) is 3.12. The highest BCUT2D eigenvalue weighted by molar-refractivity contribution is 7.14. The minimum atomic E-state index is 0.667. The molecule has 0 aliphatic carbocycles. The molecule has 0 aliphatic heterocycles. The van der Waals surface area contributed by atoms with E-state index in [2.05, 4.69) is 39.3 Å². The number of nitrogens with one attached hydrogen (secondary N) is 1. The quantitative estimate of drug-likeness (QED) is 0.770. The maximum Gasteiger partial charge on any atom is 0.208 e. The van der Waals surface area contributed by atoms with Crippen molar-refractivity contribution in [2.24, 2.45) is 0 Å². The Morgan fingerprint density at radius 2 is 2.26 bits per heavy atom. The van der Waals surface area contributed by atoms with Gasteiger partial charge in [-0.05, 0) is 29.8 Å². The lowest BCUT2D eigenvalue weighted by molar-refractivity contribution is 0.449. The molecule has 0 amide bonds. The van der Waals surface area contributed by atoms with Crippen LogP contribution in [0.1, 0.15) is 16.5 Å². The van der Waals surface area contributed by atoms with Gasteiger partial charge in [0.2, 0.25) is 5.89 Å². The van der Waals surface area contributed by atoms with Gasteiger partial charge in [0.15, 0.2) is 0 Å². The van der Waals surface area contributed by atoms with Crippen LogP contribution in [0.4, 0.5) is 0 Å². The van der Waals surface area contributed by atoms with Crippen LogP contribution >= 0.6 is 22.7 Å². The van der Waals surface area contributed by atoms with Crippen LogP contribution in [-0.2, 0) is 13.1 Å². The molecule has 0 atom stereocenters. The van der Waals surface area contributed by atoms with E-state index in [1.165, 1.54) is 15.3 Å². The number of oxazole rings is 1. The van der Waals surface area contributed by atoms with Gasteiger partial charge in [0.25, 0.3) is 0 Å². The predicted octanol–water partition coefficient (Wildman–Crippen LogP) is 4.06. The van der Waals surface area contributed by atoms with Gasteiger partial charge < -0.3 is 9.73 Å². The molecule has 0 aliphatic rings. The molecule has 0 saturated carbocycles. The van der Waals surface area contributed by atoms with Crippen LogP contribution in [0.3, 0.4) is 0 Å². The summed E-state index contributed by atoms with van der Waals surface area (Å²) in [6.45, 7) is 3.42. The summed E-state index contributed by atoms with van der Waals surface area (Å²) in [7, 11) is 0. The van der Waals surface area contributed by atoms with E-state index in [9.17, 15) is 0 Å². The van der Waals surface area contributed by atoms with Crippen molar-refractivity contribution in [2.45, 2.75) is 20.0 Å². The molecule has 5 heteroatoms. The summed E-state index contributed by atoms with van der Waals surface area (Å²) >= 11 is 3.56. The van der Waals surface area contributed by atoms with Crippen LogP contribution < -0.4 is 5.32 Å². The van der Waals surface area contributed by atoms with Gasteiger partial charge in [-0.2, -0.15) is 0 Å². The van der Waals surface area contributed by atoms with Crippen molar-refractivity contribution in [3.63, 3.8) is 0 Å². The highest BCUT2D eigenvalue weighted by Crippen LogP contribution is 2.29. The molecule has 0 aromatic carbocycles. The number of hydrogen-bond acceptors (Lipinski definition) is 5. The third-order valence-electron chi connectivity index (χ3n) is 2.70. The Balaban J connectivity index is 1.56. The Bertz CT molecular complexity index is 640. The molecule has 3 nitrogen and oxygen atoms in total. The second-order valence-electron chi connectivity index (χ2n) is 4.25. The van der Waals surface area contributed by atoms with Crippen LogP contribution in [0.15, 0.2) is 39.6 Å². The molecular weight excluding hydrogens is 276 g/mol. The summed E-state index contributed by atoms with van der Waals surface area (Å²) in [5.74, 6) is 1.60. The lowest BCUT2D eigenvalue weighted by Crippen LogP contribution is -2.11. The molecule has 98 valence electrons. The molecule has 0 saturated heterocycles. The first-order chi connectivity index (χ1) is 9.31. The summed E-state index contributed by atoms with van der Waals surface area (Å²) in [6.07, 6.45) is 1.75. The van der Waals surface area contributed by atoms with Crippen LogP contribution in [-0.4, -0.2) is 4.98 Å². The first kappa shape index (κ1) is 12.6. The molecular formula is C14H14N2OS2. The van der Waals surface area contributed by atoms with Crippen LogP contribution in [0.25, 0.3) is 10.4 Å². The lowest BCUT2D eigenvalue weighted by atomic mass is 10.2. The molecule has 1 N–H and O–H groups in total. The van der Waals surface area contributed by atoms with E-state index in [4.69, 9.17) is 4.42 Å². The first-order valence-corrected chi connectivity index (χ1v) is 7.80. The summed E-state index contributed by atoms with van der Waals surface area (Å²) < 4.78 is 5.42. The summed E-state index contributed by atoms with van der Waals surface area (Å²) in [6, 6.07) is 6.48. The van der Waals surface area contributed by atoms with E-state index >= 15 is 0 Å². The van der Waals surface area contributed by atoms with Crippen molar-refractivity contribution in [3.8, 4) is 10.4 Å². The number of rotatable bonds is 5. The summed E-state index contributed by atoms with van der Waals surface area (Å²) in [5, 5.41) is 7.66. The molecule has 19 heavy (non-hydrogen) atoms. The van der Waals surface area contributed by atoms with Crippen LogP contribution in [0.5, 0.6) is 0 Å². The average Bonchev–Trinajstić information content (AvgIpc) is 3.09. The fourth-order valence-electron chi connectivity index (χ4n) is 1.82. The average molecular weight is 290 g/mol. The Hall–Kier alpha value is -1.43. The third-order valence-corrected chi connectivity index (χ3v) is 4.56. The van der Waals surface area contributed by atoms with E-state index in [0.29, 0.717) is 6.54 Å². The molecule has 0 fully saturated rings. The summed E-state index contributed by atoms with van der Waals surface area (Å²) in [5.41, 5.74) is 1.31. The summed E-state index contributed by atoms with van der Waals surface area (Å²) in [4.78, 5) is 6.82. The van der Waals surface area contributed by atoms with Gasteiger partial charge in [0, 0.05) is 21.9 Å². The van der Waals surface area contributed by atoms with Gasteiger partial charge in [0.1, 0.15) is 5.76 Å². The van der Waals surface area contributed by atoms with Gasteiger partial charge in [-0.25, -0.2) is 4.98 Å². The smallest absolute Gasteiger partial charge is 0.208 e. The predicted molar refractivity (Wildman–Crippen MR) is 79.4 cm³/mol. The largest absolute Gasteiger partial charge is 0.445 e. The molecule has 0 radical (unpaired) electrons. The minimum Gasteiger partial charge on any atom is -0.445 e. The van der Waals surface area contributed by atoms with E-state index < -0.39 is 0 Å². The molecule has 3 rings (SSSR count). The van der Waals surface area contributed by atoms with Gasteiger partial charge >= 0.3 is 0 Å². The maximum absolute atomic E-state index is 5.42. The molecule has 3 heterocycles. The Morgan fingerprint density at radius 3 is 3.00 bits per heavy atom. The van der Waals surface area contributed by atoms with E-state index in [-0.39, 0.29) is 0 Å². The normalized spacial score (nSPS) is 11.0. The molecule has 0 bridgehead atoms. The molecule has 0 unspecified atom stereocenters. The van der Waals surface area contributed by atoms with Crippen molar-refractivity contribution in [2.75, 3.05) is 0 Å². The lowest BCUT2D eigenvalue weighted by Gasteiger charge is -1.98. The van der Waals surface area contributed by atoms with E-state index in [1.54, 1.807) is 28.9 Å². The zero-order valence-electron chi connectivity index (χ0n) is 10.6. The topological polar surface area (TPSA) is 38.1 Å². The van der Waals surface area contributed by atoms with Crippen LogP contribution in [0, 0.1) is 6.92 Å². The van der Waals surface area contributed by atoms with Crippen LogP contribution in [0.2, 0.25) is 0 Å². The van der Waals surface area contributed by atoms with Crippen molar-refractivity contribution < 1.29 is 4.42 Å². The van der Waals surface area contributed by atoms with Crippen molar-refractivity contribution >= 4 is 22.7 Å². The number of aromatic nitrogens is 1. The number of thiophene rings is 2. The van der Waals surface area contributed by atoms with Crippen molar-refractivity contribution in [1.29, 1.82) is 0 Å². The van der Waals surface area contributed by atoms with E-state index in [1.807, 2.05) is 6.92 Å². The monoisotopic (exact) mass is 290 g/mol. The fraction of sp³-hybridized carbons (Fsp3) is 0.214. The highest BCUT2D eigenvalue weighted by Gasteiger charge is 2.04. The standard InChI is InChI=1S/C14H14N2OS2/c1-10-6-16-14(17-10)8-15-7-12-5-11(9-19-12)13-3-2-4-18-13/h2-6,9,15H,7-8H2,1H3. The SMILES string of the molecule is Cc1cnc(CNCc2cc(-c3cccs3)cs2)o1. The van der Waals surface area contributed by atoms with Crippen molar-refractivity contribution in [3.05, 3.63) is 51.7 Å². The second kappa shape index (κ2) is 5.69. The Morgan fingerprint density at radius 1 is 1.32 bits per heavy atom. The zero-order valence-corrected chi connectivity index (χ0v) is 12.2. The highest BCUT2D eigenvalue weighted by atomic mass is 32.1. The second-order valence-corrected chi connectivity index (χ2v) is 6.19. The molecule has 3 aromatic heterocycles. The van der Waals surface area contributed by atoms with Crippen molar-refractivity contribution in [1.82, 2.24) is 10.3 Å².